The van der Waals surface area contributed by atoms with E-state index in [0.29, 0.717) is 26.2 Å². The maximum atomic E-state index is 9.57. The van der Waals surface area contributed by atoms with Crippen molar-refractivity contribution in [2.45, 2.75) is 45.3 Å². The van der Waals surface area contributed by atoms with Gasteiger partial charge in [-0.15, -0.1) is 0 Å². The molecule has 0 fully saturated rings. The van der Waals surface area contributed by atoms with Crippen LogP contribution < -0.4 is 5.73 Å². The maximum Gasteiger partial charge on any atom is 0.0763 e. The minimum absolute atomic E-state index is 0.119. The van der Waals surface area contributed by atoms with Crippen molar-refractivity contribution >= 4 is 0 Å². The summed E-state index contributed by atoms with van der Waals surface area (Å²) in [6, 6.07) is 0. The normalized spacial score (nSPS) is 16.4. The molecule has 0 aliphatic heterocycles. The van der Waals surface area contributed by atoms with E-state index in [1.54, 1.807) is 6.92 Å². The summed E-state index contributed by atoms with van der Waals surface area (Å²) in [4.78, 5) is 0. The summed E-state index contributed by atoms with van der Waals surface area (Å²) in [6.07, 6.45) is 0.555. The number of hydrogen-bond donors (Lipinski definition) is 2. The zero-order chi connectivity index (χ0) is 11.9. The highest BCUT2D eigenvalue weighted by atomic mass is 16.5. The SMILES string of the molecule is CC(O)(CN)CCOCCOC(C)(C)C. The lowest BCUT2D eigenvalue weighted by atomic mass is 10.0. The summed E-state index contributed by atoms with van der Waals surface area (Å²) in [7, 11) is 0. The standard InChI is InChI=1S/C11H25NO3/c1-10(2,3)15-8-7-14-6-5-11(4,13)9-12/h13H,5-9,12H2,1-4H3. The number of hydrogen-bond acceptors (Lipinski definition) is 4. The highest BCUT2D eigenvalue weighted by Gasteiger charge is 2.17. The molecule has 0 heterocycles. The second-order valence-electron chi connectivity index (χ2n) is 5.02. The summed E-state index contributed by atoms with van der Waals surface area (Å²) < 4.78 is 10.8. The van der Waals surface area contributed by atoms with Crippen molar-refractivity contribution in [1.29, 1.82) is 0 Å². The van der Waals surface area contributed by atoms with E-state index in [4.69, 9.17) is 15.2 Å². The van der Waals surface area contributed by atoms with Gasteiger partial charge in [-0.25, -0.2) is 0 Å². The maximum absolute atomic E-state index is 9.57. The molecule has 4 heteroatoms. The fraction of sp³-hybridized carbons (Fsp3) is 1.00. The third-order valence-corrected chi connectivity index (χ3v) is 1.99. The number of ether oxygens (including phenoxy) is 2. The molecule has 0 aliphatic rings. The number of aliphatic hydroxyl groups is 1. The Hall–Kier alpha value is -0.160. The van der Waals surface area contributed by atoms with Crippen LogP contribution in [0.1, 0.15) is 34.1 Å². The lowest BCUT2D eigenvalue weighted by Crippen LogP contribution is -2.35. The molecule has 92 valence electrons. The number of rotatable bonds is 7. The van der Waals surface area contributed by atoms with E-state index in [1.807, 2.05) is 20.8 Å². The van der Waals surface area contributed by atoms with Crippen LogP contribution in [0.4, 0.5) is 0 Å². The molecular formula is C11H25NO3. The van der Waals surface area contributed by atoms with E-state index in [0.717, 1.165) is 0 Å². The molecular weight excluding hydrogens is 194 g/mol. The van der Waals surface area contributed by atoms with Gasteiger partial charge in [-0.2, -0.15) is 0 Å². The molecule has 15 heavy (non-hydrogen) atoms. The van der Waals surface area contributed by atoms with Gasteiger partial charge in [-0.05, 0) is 27.7 Å². The van der Waals surface area contributed by atoms with Crippen LogP contribution in [0, 0.1) is 0 Å². The van der Waals surface area contributed by atoms with Crippen molar-refractivity contribution < 1.29 is 14.6 Å². The van der Waals surface area contributed by atoms with Gasteiger partial charge in [0.1, 0.15) is 0 Å². The van der Waals surface area contributed by atoms with E-state index in [-0.39, 0.29) is 12.1 Å². The lowest BCUT2D eigenvalue weighted by Gasteiger charge is -2.21. The van der Waals surface area contributed by atoms with Crippen LogP contribution in [0.5, 0.6) is 0 Å². The van der Waals surface area contributed by atoms with Crippen LogP contribution >= 0.6 is 0 Å². The molecule has 0 saturated heterocycles. The molecule has 0 amide bonds. The monoisotopic (exact) mass is 219 g/mol. The molecule has 0 spiro atoms. The summed E-state index contributed by atoms with van der Waals surface area (Å²) in [5, 5.41) is 9.57. The fourth-order valence-electron chi connectivity index (χ4n) is 0.903. The second-order valence-corrected chi connectivity index (χ2v) is 5.02. The molecule has 0 bridgehead atoms. The van der Waals surface area contributed by atoms with Crippen LogP contribution in [0.15, 0.2) is 0 Å². The van der Waals surface area contributed by atoms with E-state index in [1.165, 1.54) is 0 Å². The lowest BCUT2D eigenvalue weighted by molar-refractivity contribution is -0.0437. The highest BCUT2D eigenvalue weighted by molar-refractivity contribution is 4.72. The molecule has 0 aliphatic carbocycles. The zero-order valence-electron chi connectivity index (χ0n) is 10.4. The predicted octanol–water partition coefficient (Wildman–Crippen LogP) is 0.918. The summed E-state index contributed by atoms with van der Waals surface area (Å²) >= 11 is 0. The Morgan fingerprint density at radius 1 is 1.07 bits per heavy atom. The Kier molecular flexibility index (Phi) is 6.36. The molecule has 0 rings (SSSR count). The van der Waals surface area contributed by atoms with Crippen LogP contribution in [0.3, 0.4) is 0 Å². The van der Waals surface area contributed by atoms with Gasteiger partial charge >= 0.3 is 0 Å². The van der Waals surface area contributed by atoms with Crippen molar-refractivity contribution in [3.8, 4) is 0 Å². The first-order chi connectivity index (χ1) is 6.77. The molecule has 0 aromatic rings. The third kappa shape index (κ3) is 10.1. The van der Waals surface area contributed by atoms with Gasteiger partial charge < -0.3 is 20.3 Å². The largest absolute Gasteiger partial charge is 0.389 e. The van der Waals surface area contributed by atoms with Crippen molar-refractivity contribution in [2.75, 3.05) is 26.4 Å². The molecule has 0 radical (unpaired) electrons. The smallest absolute Gasteiger partial charge is 0.0763 e. The second kappa shape index (κ2) is 6.43. The van der Waals surface area contributed by atoms with Gasteiger partial charge in [0.2, 0.25) is 0 Å². The predicted molar refractivity (Wildman–Crippen MR) is 60.8 cm³/mol. The highest BCUT2D eigenvalue weighted by Crippen LogP contribution is 2.07. The van der Waals surface area contributed by atoms with Crippen LogP contribution in [-0.2, 0) is 9.47 Å². The van der Waals surface area contributed by atoms with Gasteiger partial charge in [-0.1, -0.05) is 0 Å². The quantitative estimate of drug-likeness (QED) is 0.625. The van der Waals surface area contributed by atoms with Gasteiger partial charge in [-0.3, -0.25) is 0 Å². The van der Waals surface area contributed by atoms with Crippen molar-refractivity contribution in [3.63, 3.8) is 0 Å². The fourth-order valence-corrected chi connectivity index (χ4v) is 0.903. The molecule has 0 saturated carbocycles. The van der Waals surface area contributed by atoms with E-state index in [2.05, 4.69) is 0 Å². The van der Waals surface area contributed by atoms with Crippen LogP contribution in [-0.4, -0.2) is 42.7 Å². The molecule has 1 atom stereocenters. The van der Waals surface area contributed by atoms with E-state index in [9.17, 15) is 5.11 Å². The minimum atomic E-state index is -0.815. The topological polar surface area (TPSA) is 64.7 Å². The Bertz CT molecular complexity index is 164. The minimum Gasteiger partial charge on any atom is -0.389 e. The van der Waals surface area contributed by atoms with Gasteiger partial charge in [0.15, 0.2) is 0 Å². The Morgan fingerprint density at radius 3 is 2.13 bits per heavy atom. The van der Waals surface area contributed by atoms with Crippen LogP contribution in [0.2, 0.25) is 0 Å². The Morgan fingerprint density at radius 2 is 1.67 bits per heavy atom. The average molecular weight is 219 g/mol. The number of nitrogens with two attached hydrogens (primary N) is 1. The third-order valence-electron chi connectivity index (χ3n) is 1.99. The zero-order valence-corrected chi connectivity index (χ0v) is 10.4. The average Bonchev–Trinajstić information content (AvgIpc) is 2.09. The van der Waals surface area contributed by atoms with Gasteiger partial charge in [0.05, 0.1) is 24.4 Å². The van der Waals surface area contributed by atoms with Crippen molar-refractivity contribution in [3.05, 3.63) is 0 Å². The molecule has 3 N–H and O–H groups in total. The summed E-state index contributed by atoms with van der Waals surface area (Å²) in [6.45, 7) is 9.63. The first-order valence-corrected chi connectivity index (χ1v) is 5.41. The van der Waals surface area contributed by atoms with E-state index < -0.39 is 5.60 Å². The van der Waals surface area contributed by atoms with Crippen molar-refractivity contribution in [1.82, 2.24) is 0 Å². The van der Waals surface area contributed by atoms with Crippen LogP contribution in [0.25, 0.3) is 0 Å². The first kappa shape index (κ1) is 14.8. The van der Waals surface area contributed by atoms with Gasteiger partial charge in [0, 0.05) is 19.6 Å². The Balaban J connectivity index is 3.33. The van der Waals surface area contributed by atoms with E-state index >= 15 is 0 Å². The first-order valence-electron chi connectivity index (χ1n) is 5.41. The molecule has 0 aromatic heterocycles. The molecule has 1 unspecified atom stereocenters. The van der Waals surface area contributed by atoms with Crippen molar-refractivity contribution in [2.24, 2.45) is 5.73 Å². The molecule has 4 nitrogen and oxygen atoms in total. The summed E-state index contributed by atoms with van der Waals surface area (Å²) in [5.74, 6) is 0. The molecule has 0 aromatic carbocycles. The van der Waals surface area contributed by atoms with Gasteiger partial charge in [0.25, 0.3) is 0 Å². The Labute approximate surface area is 92.7 Å². The summed E-state index contributed by atoms with van der Waals surface area (Å²) in [5.41, 5.74) is 4.44.